The van der Waals surface area contributed by atoms with E-state index in [0.29, 0.717) is 18.7 Å². The van der Waals surface area contributed by atoms with Gasteiger partial charge in [0.2, 0.25) is 15.9 Å². The zero-order valence-electron chi connectivity index (χ0n) is 17.9. The fourth-order valence-corrected chi connectivity index (χ4v) is 6.32. The quantitative estimate of drug-likeness (QED) is 0.741. The third-order valence-corrected chi connectivity index (χ3v) is 8.40. The lowest BCUT2D eigenvalue weighted by Crippen LogP contribution is -2.46. The molecule has 1 amide bonds. The summed E-state index contributed by atoms with van der Waals surface area (Å²) in [4.78, 5) is 13.0. The molecule has 0 bridgehead atoms. The smallest absolute Gasteiger partial charge is 0.243 e. The molecular formula is C24H30N2O4S. The Hall–Kier alpha value is -2.38. The highest BCUT2D eigenvalue weighted by Crippen LogP contribution is 2.34. The molecule has 0 saturated heterocycles. The van der Waals surface area contributed by atoms with Crippen molar-refractivity contribution in [3.05, 3.63) is 59.7 Å². The third kappa shape index (κ3) is 4.62. The van der Waals surface area contributed by atoms with Gasteiger partial charge in [-0.2, -0.15) is 4.31 Å². The zero-order chi connectivity index (χ0) is 21.8. The van der Waals surface area contributed by atoms with Gasteiger partial charge in [-0.25, -0.2) is 8.42 Å². The molecule has 2 aliphatic rings. The molecule has 7 heteroatoms. The van der Waals surface area contributed by atoms with Crippen molar-refractivity contribution in [1.29, 1.82) is 0 Å². The topological polar surface area (TPSA) is 75.7 Å². The Bertz CT molecular complexity index is 1010. The number of hydrogen-bond acceptors (Lipinski definition) is 4. The molecule has 4 rings (SSSR count). The monoisotopic (exact) mass is 442 g/mol. The molecule has 31 heavy (non-hydrogen) atoms. The second-order valence-corrected chi connectivity index (χ2v) is 10.2. The molecule has 2 aromatic rings. The lowest BCUT2D eigenvalue weighted by atomic mass is 9.88. The van der Waals surface area contributed by atoms with E-state index in [1.54, 1.807) is 31.4 Å². The van der Waals surface area contributed by atoms with E-state index in [2.05, 4.69) is 5.32 Å². The molecule has 0 aromatic heterocycles. The minimum atomic E-state index is -3.73. The minimum Gasteiger partial charge on any atom is -0.497 e. The number of sulfonamides is 1. The number of fused-ring (bicyclic) bond motifs is 1. The molecule has 1 unspecified atom stereocenters. The van der Waals surface area contributed by atoms with Gasteiger partial charge in [-0.05, 0) is 54.7 Å². The molecule has 2 aromatic carbocycles. The molecule has 1 aliphatic heterocycles. The predicted molar refractivity (Wildman–Crippen MR) is 119 cm³/mol. The molecule has 0 radical (unpaired) electrons. The average molecular weight is 443 g/mol. The Labute approximate surface area is 184 Å². The lowest BCUT2D eigenvalue weighted by Gasteiger charge is -2.37. The Kier molecular flexibility index (Phi) is 6.62. The summed E-state index contributed by atoms with van der Waals surface area (Å²) < 4.78 is 33.8. The van der Waals surface area contributed by atoms with Crippen LogP contribution in [0.1, 0.15) is 49.3 Å². The van der Waals surface area contributed by atoms with E-state index in [1.165, 1.54) is 10.7 Å². The van der Waals surface area contributed by atoms with E-state index < -0.39 is 16.1 Å². The van der Waals surface area contributed by atoms with Crippen molar-refractivity contribution in [3.8, 4) is 5.75 Å². The number of methoxy groups -OCH3 is 1. The summed E-state index contributed by atoms with van der Waals surface area (Å²) in [7, 11) is -2.17. The summed E-state index contributed by atoms with van der Waals surface area (Å²) in [5.41, 5.74) is 2.11. The highest BCUT2D eigenvalue weighted by atomic mass is 32.2. The van der Waals surface area contributed by atoms with E-state index in [4.69, 9.17) is 4.74 Å². The number of carbonyl (C=O) groups is 1. The highest BCUT2D eigenvalue weighted by molar-refractivity contribution is 7.89. The van der Waals surface area contributed by atoms with Crippen LogP contribution in [0.25, 0.3) is 0 Å². The van der Waals surface area contributed by atoms with Crippen LogP contribution in [0.3, 0.4) is 0 Å². The Morgan fingerprint density at radius 1 is 1.06 bits per heavy atom. The van der Waals surface area contributed by atoms with Crippen molar-refractivity contribution < 1.29 is 17.9 Å². The zero-order valence-corrected chi connectivity index (χ0v) is 18.7. The SMILES string of the molecule is COc1ccc(S(=O)(=O)N2CCc3ccccc3C2CNC(=O)C2CCCCC2)cc1. The van der Waals surface area contributed by atoms with E-state index in [-0.39, 0.29) is 23.3 Å². The summed E-state index contributed by atoms with van der Waals surface area (Å²) >= 11 is 0. The Morgan fingerprint density at radius 3 is 2.48 bits per heavy atom. The fourth-order valence-electron chi connectivity index (χ4n) is 4.72. The van der Waals surface area contributed by atoms with Gasteiger partial charge in [-0.3, -0.25) is 4.79 Å². The molecule has 6 nitrogen and oxygen atoms in total. The van der Waals surface area contributed by atoms with Crippen LogP contribution in [-0.2, 0) is 21.2 Å². The summed E-state index contributed by atoms with van der Waals surface area (Å²) in [5, 5.41) is 3.07. The van der Waals surface area contributed by atoms with Gasteiger partial charge in [0.15, 0.2) is 0 Å². The standard InChI is InChI=1S/C24H30N2O4S/c1-30-20-11-13-21(14-12-20)31(28,29)26-16-15-18-7-5-6-10-22(18)23(26)17-25-24(27)19-8-3-2-4-9-19/h5-7,10-14,19,23H,2-4,8-9,15-17H2,1H3,(H,25,27). The minimum absolute atomic E-state index is 0.0410. The van der Waals surface area contributed by atoms with Crippen LogP contribution in [0.4, 0.5) is 0 Å². The maximum Gasteiger partial charge on any atom is 0.243 e. The summed E-state index contributed by atoms with van der Waals surface area (Å²) in [6.45, 7) is 0.664. The van der Waals surface area contributed by atoms with Gasteiger partial charge in [-0.15, -0.1) is 0 Å². The van der Waals surface area contributed by atoms with Crippen molar-refractivity contribution in [2.24, 2.45) is 5.92 Å². The van der Waals surface area contributed by atoms with Gasteiger partial charge < -0.3 is 10.1 Å². The van der Waals surface area contributed by atoms with Crippen LogP contribution in [0.2, 0.25) is 0 Å². The number of nitrogens with zero attached hydrogens (tertiary/aromatic N) is 1. The maximum absolute atomic E-state index is 13.5. The van der Waals surface area contributed by atoms with Crippen molar-refractivity contribution in [2.45, 2.75) is 49.5 Å². The number of benzene rings is 2. The third-order valence-electron chi connectivity index (χ3n) is 6.47. The van der Waals surface area contributed by atoms with Crippen molar-refractivity contribution in [2.75, 3.05) is 20.2 Å². The van der Waals surface area contributed by atoms with E-state index in [1.807, 2.05) is 24.3 Å². The van der Waals surface area contributed by atoms with Crippen LogP contribution >= 0.6 is 0 Å². The molecule has 1 N–H and O–H groups in total. The molecule has 1 atom stereocenters. The van der Waals surface area contributed by atoms with Gasteiger partial charge >= 0.3 is 0 Å². The van der Waals surface area contributed by atoms with Crippen molar-refractivity contribution in [1.82, 2.24) is 9.62 Å². The number of hydrogen-bond donors (Lipinski definition) is 1. The van der Waals surface area contributed by atoms with Crippen LogP contribution < -0.4 is 10.1 Å². The van der Waals surface area contributed by atoms with Crippen LogP contribution in [0.15, 0.2) is 53.4 Å². The molecular weight excluding hydrogens is 412 g/mol. The first kappa shape index (κ1) is 21.8. The second-order valence-electron chi connectivity index (χ2n) is 8.34. The summed E-state index contributed by atoms with van der Waals surface area (Å²) in [6.07, 6.45) is 5.85. The van der Waals surface area contributed by atoms with Gasteiger partial charge in [0.1, 0.15) is 5.75 Å². The molecule has 1 saturated carbocycles. The molecule has 1 aliphatic carbocycles. The van der Waals surface area contributed by atoms with Crippen LogP contribution in [-0.4, -0.2) is 38.8 Å². The largest absolute Gasteiger partial charge is 0.497 e. The first-order chi connectivity index (χ1) is 15.0. The van der Waals surface area contributed by atoms with Crippen molar-refractivity contribution >= 4 is 15.9 Å². The second kappa shape index (κ2) is 9.40. The Balaban J connectivity index is 1.60. The van der Waals surface area contributed by atoms with E-state index in [9.17, 15) is 13.2 Å². The maximum atomic E-state index is 13.5. The summed E-state index contributed by atoms with van der Waals surface area (Å²) in [5.74, 6) is 0.697. The number of amides is 1. The Morgan fingerprint density at radius 2 is 1.77 bits per heavy atom. The van der Waals surface area contributed by atoms with Crippen LogP contribution in [0.5, 0.6) is 5.75 Å². The summed E-state index contributed by atoms with van der Waals surface area (Å²) in [6, 6.07) is 14.0. The number of carbonyl (C=O) groups excluding carboxylic acids is 1. The molecule has 166 valence electrons. The van der Waals surface area contributed by atoms with Crippen LogP contribution in [0, 0.1) is 5.92 Å². The lowest BCUT2D eigenvalue weighted by molar-refractivity contribution is -0.126. The fraction of sp³-hybridized carbons (Fsp3) is 0.458. The molecule has 1 heterocycles. The first-order valence-electron chi connectivity index (χ1n) is 11.0. The molecule has 1 fully saturated rings. The van der Waals surface area contributed by atoms with Gasteiger partial charge in [-0.1, -0.05) is 43.5 Å². The number of nitrogens with one attached hydrogen (secondary N) is 1. The number of rotatable bonds is 6. The van der Waals surface area contributed by atoms with Gasteiger partial charge in [0.25, 0.3) is 0 Å². The highest BCUT2D eigenvalue weighted by Gasteiger charge is 2.37. The van der Waals surface area contributed by atoms with E-state index >= 15 is 0 Å². The number of ether oxygens (including phenoxy) is 1. The van der Waals surface area contributed by atoms with Gasteiger partial charge in [0.05, 0.1) is 18.0 Å². The molecule has 0 spiro atoms. The first-order valence-corrected chi connectivity index (χ1v) is 12.5. The average Bonchev–Trinajstić information content (AvgIpc) is 2.82. The normalized spacial score (nSPS) is 20.1. The predicted octanol–water partition coefficient (Wildman–Crippen LogP) is 3.68. The van der Waals surface area contributed by atoms with Gasteiger partial charge in [0, 0.05) is 19.0 Å². The van der Waals surface area contributed by atoms with E-state index in [0.717, 1.165) is 36.8 Å². The van der Waals surface area contributed by atoms with Crippen molar-refractivity contribution in [3.63, 3.8) is 0 Å².